The molecule has 0 aromatic heterocycles. The summed E-state index contributed by atoms with van der Waals surface area (Å²) in [5.74, 6) is 1.51. The summed E-state index contributed by atoms with van der Waals surface area (Å²) in [6, 6.07) is 0. The number of amides is 1. The highest BCUT2D eigenvalue weighted by Gasteiger charge is 2.41. The lowest BCUT2D eigenvalue weighted by Crippen LogP contribution is -2.51. The Morgan fingerprint density at radius 3 is 2.83 bits per heavy atom. The Bertz CT molecular complexity index is 362. The molecule has 0 aromatic rings. The van der Waals surface area contributed by atoms with E-state index in [4.69, 9.17) is 6.42 Å². The Balaban J connectivity index is 2.60. The van der Waals surface area contributed by atoms with Crippen LogP contribution >= 0.6 is 0 Å². The van der Waals surface area contributed by atoms with E-state index in [2.05, 4.69) is 11.2 Å². The number of nitrogens with zero attached hydrogens (tertiary/aromatic N) is 1. The Morgan fingerprint density at radius 2 is 2.28 bits per heavy atom. The van der Waals surface area contributed by atoms with E-state index in [1.54, 1.807) is 4.90 Å². The molecule has 0 saturated carbocycles. The fourth-order valence-electron chi connectivity index (χ4n) is 2.31. The fourth-order valence-corrected chi connectivity index (χ4v) is 2.31. The zero-order chi connectivity index (χ0) is 13.6. The number of terminal acetylenes is 1. The van der Waals surface area contributed by atoms with Gasteiger partial charge in [0.15, 0.2) is 0 Å². The molecule has 1 rings (SSSR count). The van der Waals surface area contributed by atoms with E-state index in [0.29, 0.717) is 32.5 Å². The van der Waals surface area contributed by atoms with Gasteiger partial charge in [-0.05, 0) is 19.3 Å². The van der Waals surface area contributed by atoms with E-state index in [0.717, 1.165) is 6.42 Å². The van der Waals surface area contributed by atoms with Crippen molar-refractivity contribution in [3.8, 4) is 12.3 Å². The molecule has 1 atom stereocenters. The molecule has 100 valence electrons. The second-order valence-electron chi connectivity index (χ2n) is 4.67. The predicted molar refractivity (Wildman–Crippen MR) is 67.9 cm³/mol. The molecule has 0 aliphatic carbocycles. The summed E-state index contributed by atoms with van der Waals surface area (Å²) in [5, 5.41) is 12.2. The topological polar surface area (TPSA) is 69.6 Å². The van der Waals surface area contributed by atoms with Crippen molar-refractivity contribution in [1.82, 2.24) is 10.2 Å². The lowest BCUT2D eigenvalue weighted by atomic mass is 9.77. The Hall–Kier alpha value is -1.54. The van der Waals surface area contributed by atoms with Crippen LogP contribution in [-0.2, 0) is 9.59 Å². The number of aliphatic carboxylic acids is 1. The number of nitrogens with one attached hydrogen (secondary N) is 1. The predicted octanol–water partition coefficient (Wildman–Crippen LogP) is 0.313. The molecular weight excluding hydrogens is 232 g/mol. The van der Waals surface area contributed by atoms with Crippen LogP contribution in [0.2, 0.25) is 0 Å². The lowest BCUT2D eigenvalue weighted by Gasteiger charge is -2.39. The summed E-state index contributed by atoms with van der Waals surface area (Å²) in [6.45, 7) is 3.31. The van der Waals surface area contributed by atoms with Gasteiger partial charge in [0.1, 0.15) is 0 Å². The molecular formula is C13H20N2O3. The van der Waals surface area contributed by atoms with E-state index in [9.17, 15) is 14.7 Å². The Kier molecular flexibility index (Phi) is 5.17. The van der Waals surface area contributed by atoms with Gasteiger partial charge in [-0.25, -0.2) is 0 Å². The average molecular weight is 252 g/mol. The molecule has 5 nitrogen and oxygen atoms in total. The van der Waals surface area contributed by atoms with E-state index in [-0.39, 0.29) is 12.5 Å². The van der Waals surface area contributed by atoms with E-state index in [1.165, 1.54) is 0 Å². The Labute approximate surface area is 108 Å². The minimum absolute atomic E-state index is 0.0796. The molecule has 0 aromatic carbocycles. The highest BCUT2D eigenvalue weighted by molar-refractivity contribution is 5.81. The molecule has 5 heteroatoms. The largest absolute Gasteiger partial charge is 0.481 e. The van der Waals surface area contributed by atoms with E-state index < -0.39 is 11.4 Å². The molecule has 1 saturated heterocycles. The van der Waals surface area contributed by atoms with Crippen LogP contribution < -0.4 is 5.32 Å². The minimum atomic E-state index is -0.806. The number of carbonyl (C=O) groups excluding carboxylic acids is 1. The molecule has 2 N–H and O–H groups in total. The van der Waals surface area contributed by atoms with Gasteiger partial charge in [0.05, 0.1) is 18.5 Å². The number of hydrogen-bond acceptors (Lipinski definition) is 3. The maximum atomic E-state index is 11.9. The van der Waals surface area contributed by atoms with Crippen LogP contribution in [0.15, 0.2) is 0 Å². The van der Waals surface area contributed by atoms with Crippen LogP contribution in [0.5, 0.6) is 0 Å². The maximum absolute atomic E-state index is 11.9. The van der Waals surface area contributed by atoms with Gasteiger partial charge < -0.3 is 10.0 Å². The van der Waals surface area contributed by atoms with Gasteiger partial charge in [-0.2, -0.15) is 0 Å². The van der Waals surface area contributed by atoms with Gasteiger partial charge in [-0.1, -0.05) is 12.8 Å². The van der Waals surface area contributed by atoms with E-state index >= 15 is 0 Å². The zero-order valence-corrected chi connectivity index (χ0v) is 10.7. The number of carboxylic acid groups (broad SMARTS) is 1. The summed E-state index contributed by atoms with van der Waals surface area (Å²) < 4.78 is 0. The SMILES string of the molecule is C#CCNCC(=O)N1CCCC(CC)(C(=O)O)C1. The van der Waals surface area contributed by atoms with Crippen molar-refractivity contribution in [1.29, 1.82) is 0 Å². The summed E-state index contributed by atoms with van der Waals surface area (Å²) in [4.78, 5) is 24.9. The number of likely N-dealkylation sites (tertiary alicyclic amines) is 1. The van der Waals surface area contributed by atoms with Gasteiger partial charge in [-0.15, -0.1) is 6.42 Å². The Morgan fingerprint density at radius 1 is 1.56 bits per heavy atom. The molecule has 18 heavy (non-hydrogen) atoms. The smallest absolute Gasteiger partial charge is 0.311 e. The average Bonchev–Trinajstić information content (AvgIpc) is 2.38. The number of carbonyl (C=O) groups is 2. The first kappa shape index (κ1) is 14.5. The summed E-state index contributed by atoms with van der Waals surface area (Å²) in [7, 11) is 0. The normalized spacial score (nSPS) is 23.4. The van der Waals surface area contributed by atoms with Crippen molar-refractivity contribution in [2.45, 2.75) is 26.2 Å². The first-order chi connectivity index (χ1) is 8.55. The highest BCUT2D eigenvalue weighted by Crippen LogP contribution is 2.33. The lowest BCUT2D eigenvalue weighted by molar-refractivity contribution is -0.155. The quantitative estimate of drug-likeness (QED) is 0.546. The van der Waals surface area contributed by atoms with Gasteiger partial charge in [-0.3, -0.25) is 14.9 Å². The molecule has 1 aliphatic rings. The van der Waals surface area contributed by atoms with Crippen molar-refractivity contribution in [3.63, 3.8) is 0 Å². The minimum Gasteiger partial charge on any atom is -0.481 e. The highest BCUT2D eigenvalue weighted by atomic mass is 16.4. The summed E-state index contributed by atoms with van der Waals surface area (Å²) in [5.41, 5.74) is -0.778. The van der Waals surface area contributed by atoms with Gasteiger partial charge in [0.25, 0.3) is 0 Å². The molecule has 1 unspecified atom stereocenters. The number of hydrogen-bond donors (Lipinski definition) is 2. The van der Waals surface area contributed by atoms with E-state index in [1.807, 2.05) is 6.92 Å². The first-order valence-electron chi connectivity index (χ1n) is 6.21. The van der Waals surface area contributed by atoms with Crippen LogP contribution in [0.3, 0.4) is 0 Å². The summed E-state index contributed by atoms with van der Waals surface area (Å²) in [6.07, 6.45) is 7.00. The number of piperidine rings is 1. The van der Waals surface area contributed by atoms with Crippen molar-refractivity contribution < 1.29 is 14.7 Å². The van der Waals surface area contributed by atoms with Crippen molar-refractivity contribution in [3.05, 3.63) is 0 Å². The van der Waals surface area contributed by atoms with Gasteiger partial charge in [0, 0.05) is 13.1 Å². The van der Waals surface area contributed by atoms with Gasteiger partial charge >= 0.3 is 5.97 Å². The molecule has 0 radical (unpaired) electrons. The van der Waals surface area contributed by atoms with Crippen LogP contribution in [0, 0.1) is 17.8 Å². The standard InChI is InChI=1S/C13H20N2O3/c1-3-7-14-9-11(16)15-8-5-6-13(4-2,10-15)12(17)18/h1,14H,4-10H2,2H3,(H,17,18). The third-order valence-electron chi connectivity index (χ3n) is 3.56. The van der Waals surface area contributed by atoms with Crippen LogP contribution in [0.1, 0.15) is 26.2 Å². The maximum Gasteiger partial charge on any atom is 0.311 e. The third-order valence-corrected chi connectivity index (χ3v) is 3.56. The van der Waals surface area contributed by atoms with Gasteiger partial charge in [0.2, 0.25) is 5.91 Å². The first-order valence-corrected chi connectivity index (χ1v) is 6.21. The van der Waals surface area contributed by atoms with Crippen LogP contribution in [0.25, 0.3) is 0 Å². The van der Waals surface area contributed by atoms with Crippen molar-refractivity contribution in [2.24, 2.45) is 5.41 Å². The molecule has 1 amide bonds. The molecule has 0 spiro atoms. The monoisotopic (exact) mass is 252 g/mol. The molecule has 0 bridgehead atoms. The van der Waals surface area contributed by atoms with Crippen molar-refractivity contribution >= 4 is 11.9 Å². The fraction of sp³-hybridized carbons (Fsp3) is 0.692. The second kappa shape index (κ2) is 6.41. The van der Waals surface area contributed by atoms with Crippen LogP contribution in [0.4, 0.5) is 0 Å². The third kappa shape index (κ3) is 3.23. The molecule has 1 fully saturated rings. The number of carboxylic acids is 1. The van der Waals surface area contributed by atoms with Crippen molar-refractivity contribution in [2.75, 3.05) is 26.2 Å². The zero-order valence-electron chi connectivity index (χ0n) is 10.7. The second-order valence-corrected chi connectivity index (χ2v) is 4.67. The summed E-state index contributed by atoms with van der Waals surface area (Å²) >= 11 is 0. The molecule has 1 heterocycles. The molecule has 1 aliphatic heterocycles. The number of rotatable bonds is 5. The van der Waals surface area contributed by atoms with Crippen LogP contribution in [-0.4, -0.2) is 48.1 Å².